The smallest absolute Gasteiger partial charge is 0.243 e. The van der Waals surface area contributed by atoms with Crippen LogP contribution in [-0.2, 0) is 28.7 Å². The summed E-state index contributed by atoms with van der Waals surface area (Å²) in [7, 11) is 8.13. The summed E-state index contributed by atoms with van der Waals surface area (Å²) in [5, 5.41) is 6.08. The van der Waals surface area contributed by atoms with Crippen LogP contribution in [0.25, 0.3) is 0 Å². The van der Waals surface area contributed by atoms with Gasteiger partial charge in [-0.05, 0) is 130 Å². The average Bonchev–Trinajstić information content (AvgIpc) is 3.35. The van der Waals surface area contributed by atoms with Crippen molar-refractivity contribution >= 4 is 23.6 Å². The van der Waals surface area contributed by atoms with E-state index in [1.54, 1.807) is 0 Å². The Morgan fingerprint density at radius 1 is 0.392 bits per heavy atom. The van der Waals surface area contributed by atoms with Crippen LogP contribution in [0, 0.1) is 11.8 Å². The van der Waals surface area contributed by atoms with E-state index in [-0.39, 0.29) is 35.5 Å². The summed E-state index contributed by atoms with van der Waals surface area (Å²) in [5.74, 6) is -0.222. The Labute approximate surface area is 457 Å². The number of unbranched alkanes of at least 4 members (excludes halogenated alkanes) is 22. The molecule has 0 aliphatic heterocycles. The summed E-state index contributed by atoms with van der Waals surface area (Å²) in [6.07, 6.45) is 43.5. The van der Waals surface area contributed by atoms with Gasteiger partial charge in [-0.25, -0.2) is 0 Å². The maximum atomic E-state index is 13.7. The fraction of sp³-hybridized carbons (Fsp3) is 0.871. The van der Waals surface area contributed by atoms with Crippen molar-refractivity contribution in [2.75, 3.05) is 93.9 Å². The summed E-state index contributed by atoms with van der Waals surface area (Å²) in [5.41, 5.74) is 0. The Morgan fingerprint density at radius 2 is 0.689 bits per heavy atom. The van der Waals surface area contributed by atoms with E-state index in [0.29, 0.717) is 65.4 Å². The van der Waals surface area contributed by atoms with E-state index in [4.69, 9.17) is 9.47 Å². The molecule has 0 fully saturated rings. The second-order valence-corrected chi connectivity index (χ2v) is 22.3. The molecule has 0 aliphatic rings. The Morgan fingerprint density at radius 3 is 0.986 bits per heavy atom. The molecular formula is C62H120N6O6. The van der Waals surface area contributed by atoms with Gasteiger partial charge < -0.3 is 39.7 Å². The Kier molecular flexibility index (Phi) is 49.1. The largest absolute Gasteiger partial charge is 0.377 e. The lowest BCUT2D eigenvalue weighted by molar-refractivity contribution is -0.142. The minimum absolute atomic E-state index is 0.0355. The highest BCUT2D eigenvalue weighted by Gasteiger charge is 2.33. The van der Waals surface area contributed by atoms with Crippen LogP contribution in [0.1, 0.15) is 234 Å². The fourth-order valence-corrected chi connectivity index (χ4v) is 9.57. The standard InChI is InChI=1S/C62H120N6O6/c1-11-13-15-17-19-21-23-25-27-29-31-33-35-37-39-43-57(69)67(49-41-47-65(7)8)59(55(3)4)61(71)63-45-51-73-53-54-74-52-46-64-62(72)60(56(5)6)68(50-42-48-66(9)10)58(70)44-40-38-36-34-32-30-28-26-24-22-20-18-16-14-12-2/h25-28,55-56,59-60H,11-24,29-54H2,1-10H3,(H,63,71)(H,64,72)/b27-25-,28-26-. The third-order valence-corrected chi connectivity index (χ3v) is 13.9. The van der Waals surface area contributed by atoms with Gasteiger partial charge in [0.1, 0.15) is 12.1 Å². The van der Waals surface area contributed by atoms with E-state index in [9.17, 15) is 19.2 Å². The molecule has 0 aromatic rings. The molecular weight excluding hydrogens is 925 g/mol. The van der Waals surface area contributed by atoms with E-state index in [2.05, 4.69) is 58.6 Å². The zero-order valence-corrected chi connectivity index (χ0v) is 50.1. The van der Waals surface area contributed by atoms with Gasteiger partial charge in [-0.2, -0.15) is 0 Å². The summed E-state index contributed by atoms with van der Waals surface area (Å²) in [4.78, 5) is 62.6. The molecule has 2 unspecified atom stereocenters. The van der Waals surface area contributed by atoms with Crippen molar-refractivity contribution in [3.8, 4) is 0 Å². The number of ether oxygens (including phenoxy) is 2. The van der Waals surface area contributed by atoms with Crippen LogP contribution < -0.4 is 10.6 Å². The van der Waals surface area contributed by atoms with Gasteiger partial charge in [0.25, 0.3) is 0 Å². The lowest BCUT2D eigenvalue weighted by atomic mass is 10.00. The van der Waals surface area contributed by atoms with Gasteiger partial charge in [-0.15, -0.1) is 0 Å². The van der Waals surface area contributed by atoms with Crippen LogP contribution in [0.4, 0.5) is 0 Å². The number of nitrogens with zero attached hydrogens (tertiary/aromatic N) is 4. The van der Waals surface area contributed by atoms with Crippen LogP contribution in [0.2, 0.25) is 0 Å². The van der Waals surface area contributed by atoms with Gasteiger partial charge in [-0.1, -0.05) is 169 Å². The molecule has 0 aromatic heterocycles. The van der Waals surface area contributed by atoms with E-state index in [1.807, 2.05) is 65.7 Å². The minimum atomic E-state index is -0.540. The number of rotatable bonds is 53. The highest BCUT2D eigenvalue weighted by Crippen LogP contribution is 2.19. The maximum Gasteiger partial charge on any atom is 0.243 e. The number of amides is 4. The monoisotopic (exact) mass is 1040 g/mol. The van der Waals surface area contributed by atoms with Gasteiger partial charge in [0, 0.05) is 39.0 Å². The Balaban J connectivity index is 4.75. The van der Waals surface area contributed by atoms with Crippen LogP contribution in [0.15, 0.2) is 24.3 Å². The highest BCUT2D eigenvalue weighted by molar-refractivity contribution is 5.88. The number of carbonyl (C=O) groups is 4. The molecule has 434 valence electrons. The third-order valence-electron chi connectivity index (χ3n) is 13.9. The first-order valence-corrected chi connectivity index (χ1v) is 30.7. The van der Waals surface area contributed by atoms with Crippen LogP contribution in [0.3, 0.4) is 0 Å². The van der Waals surface area contributed by atoms with Gasteiger partial charge >= 0.3 is 0 Å². The number of allylic oxidation sites excluding steroid dienone is 4. The number of nitrogens with one attached hydrogen (secondary N) is 2. The number of carbonyl (C=O) groups excluding carboxylic acids is 4. The first-order chi connectivity index (χ1) is 35.8. The van der Waals surface area contributed by atoms with Crippen LogP contribution >= 0.6 is 0 Å². The molecule has 0 saturated carbocycles. The lowest BCUT2D eigenvalue weighted by Crippen LogP contribution is -2.53. The summed E-state index contributed by atoms with van der Waals surface area (Å²) in [6, 6.07) is -1.08. The van der Waals surface area contributed by atoms with Gasteiger partial charge in [0.15, 0.2) is 0 Å². The molecule has 4 amide bonds. The van der Waals surface area contributed by atoms with Crippen molar-refractivity contribution in [2.24, 2.45) is 11.8 Å². The number of hydrogen-bond donors (Lipinski definition) is 2. The van der Waals surface area contributed by atoms with Crippen molar-refractivity contribution in [3.05, 3.63) is 24.3 Å². The van der Waals surface area contributed by atoms with Crippen molar-refractivity contribution < 1.29 is 28.7 Å². The van der Waals surface area contributed by atoms with E-state index in [0.717, 1.165) is 77.3 Å². The molecule has 0 radical (unpaired) electrons. The maximum absolute atomic E-state index is 13.7. The van der Waals surface area contributed by atoms with Crippen molar-refractivity contribution in [3.63, 3.8) is 0 Å². The molecule has 0 spiro atoms. The van der Waals surface area contributed by atoms with Crippen molar-refractivity contribution in [1.82, 2.24) is 30.2 Å². The van der Waals surface area contributed by atoms with Crippen LogP contribution in [-0.4, -0.2) is 149 Å². The number of hydrogen-bond acceptors (Lipinski definition) is 8. The average molecular weight is 1050 g/mol. The Hall–Kier alpha value is -2.80. The fourth-order valence-electron chi connectivity index (χ4n) is 9.57. The first-order valence-electron chi connectivity index (χ1n) is 30.7. The first kappa shape index (κ1) is 71.2. The summed E-state index contributed by atoms with van der Waals surface area (Å²) < 4.78 is 11.6. The molecule has 0 bridgehead atoms. The predicted octanol–water partition coefficient (Wildman–Crippen LogP) is 12.9. The second kappa shape index (κ2) is 51.0. The molecule has 0 aromatic carbocycles. The third kappa shape index (κ3) is 41.4. The molecule has 74 heavy (non-hydrogen) atoms. The van der Waals surface area contributed by atoms with Gasteiger partial charge in [0.2, 0.25) is 23.6 Å². The van der Waals surface area contributed by atoms with Crippen LogP contribution in [0.5, 0.6) is 0 Å². The van der Waals surface area contributed by atoms with Crippen molar-refractivity contribution in [1.29, 1.82) is 0 Å². The lowest BCUT2D eigenvalue weighted by Gasteiger charge is -2.34. The summed E-state index contributed by atoms with van der Waals surface area (Å²) in [6.45, 7) is 17.4. The van der Waals surface area contributed by atoms with E-state index < -0.39 is 12.1 Å². The van der Waals surface area contributed by atoms with Gasteiger partial charge in [-0.3, -0.25) is 19.2 Å². The second-order valence-electron chi connectivity index (χ2n) is 22.3. The quantitative estimate of drug-likeness (QED) is 0.0456. The van der Waals surface area contributed by atoms with Crippen molar-refractivity contribution in [2.45, 2.75) is 246 Å². The molecule has 2 N–H and O–H groups in total. The zero-order chi connectivity index (χ0) is 54.9. The molecule has 0 rings (SSSR count). The normalized spacial score (nSPS) is 12.8. The van der Waals surface area contributed by atoms with Gasteiger partial charge in [0.05, 0.1) is 26.4 Å². The molecule has 12 nitrogen and oxygen atoms in total. The van der Waals surface area contributed by atoms with E-state index >= 15 is 0 Å². The molecule has 12 heteroatoms. The minimum Gasteiger partial charge on any atom is -0.377 e. The highest BCUT2D eigenvalue weighted by atomic mass is 16.5. The molecule has 0 saturated heterocycles. The van der Waals surface area contributed by atoms with E-state index in [1.165, 1.54) is 116 Å². The Bertz CT molecular complexity index is 1290. The topological polar surface area (TPSA) is 124 Å². The summed E-state index contributed by atoms with van der Waals surface area (Å²) >= 11 is 0. The molecule has 0 heterocycles. The molecule has 0 aliphatic carbocycles. The SMILES string of the molecule is CCCCCCCC/C=C\CCCCCCCC(=O)N(CCCN(C)C)C(C(=O)NCCOCCOCCNC(=O)C(C(C)C)N(CCCN(C)C)C(=O)CCCCCCC/C=C\CCCCCCCC)C(C)C. The molecule has 2 atom stereocenters. The predicted molar refractivity (Wildman–Crippen MR) is 314 cm³/mol. The zero-order valence-electron chi connectivity index (χ0n) is 50.1.